The zero-order valence-electron chi connectivity index (χ0n) is 16.7. The molecule has 0 radical (unpaired) electrons. The minimum atomic E-state index is -0.755. The van der Waals surface area contributed by atoms with Crippen molar-refractivity contribution in [3.63, 3.8) is 0 Å². The molecule has 3 aromatic carbocycles. The number of nitriles is 1. The first-order chi connectivity index (χ1) is 15.8. The molecule has 0 bridgehead atoms. The van der Waals surface area contributed by atoms with E-state index in [2.05, 4.69) is 37.2 Å². The number of nitrogens with one attached hydrogen (secondary N) is 1. The van der Waals surface area contributed by atoms with Crippen LogP contribution in [0.1, 0.15) is 11.1 Å². The van der Waals surface area contributed by atoms with Crippen LogP contribution < -0.4 is 10.1 Å². The summed E-state index contributed by atoms with van der Waals surface area (Å²) in [6.07, 6.45) is 1.32. The van der Waals surface area contributed by atoms with Gasteiger partial charge in [0, 0.05) is 33.4 Å². The van der Waals surface area contributed by atoms with Crippen molar-refractivity contribution >= 4 is 55.2 Å². The number of anilines is 1. The first kappa shape index (κ1) is 24.1. The highest BCUT2D eigenvalue weighted by molar-refractivity contribution is 9.11. The Morgan fingerprint density at radius 1 is 1.18 bits per heavy atom. The maximum absolute atomic E-state index is 14.0. The number of amides is 1. The lowest BCUT2D eigenvalue weighted by atomic mass is 10.1. The number of carbonyl (C=O) groups excluding carboxylic acids is 1. The van der Waals surface area contributed by atoms with Crippen LogP contribution in [0.2, 0.25) is 0 Å². The van der Waals surface area contributed by atoms with Crippen LogP contribution in [0.4, 0.5) is 15.8 Å². The summed E-state index contributed by atoms with van der Waals surface area (Å²) < 4.78 is 20.9. The largest absolute Gasteiger partial charge is 0.487 e. The first-order valence-electron chi connectivity index (χ1n) is 9.31. The summed E-state index contributed by atoms with van der Waals surface area (Å²) in [5.41, 5.74) is 0.434. The monoisotopic (exact) mass is 573 g/mol. The quantitative estimate of drug-likeness (QED) is 0.152. The Labute approximate surface area is 204 Å². The van der Waals surface area contributed by atoms with Gasteiger partial charge in [0.2, 0.25) is 0 Å². The Morgan fingerprint density at radius 2 is 1.94 bits per heavy atom. The number of hydrogen-bond donors (Lipinski definition) is 1. The van der Waals surface area contributed by atoms with Crippen molar-refractivity contribution in [3.8, 4) is 11.8 Å². The third-order valence-corrected chi connectivity index (χ3v) is 5.39. The highest BCUT2D eigenvalue weighted by Crippen LogP contribution is 2.35. The molecule has 3 rings (SSSR count). The number of nitrogens with zero attached hydrogens (tertiary/aromatic N) is 2. The minimum Gasteiger partial charge on any atom is -0.487 e. The fourth-order valence-electron chi connectivity index (χ4n) is 2.80. The van der Waals surface area contributed by atoms with E-state index in [0.29, 0.717) is 25.8 Å². The van der Waals surface area contributed by atoms with Gasteiger partial charge in [-0.15, -0.1) is 0 Å². The van der Waals surface area contributed by atoms with Gasteiger partial charge in [0.15, 0.2) is 0 Å². The summed E-state index contributed by atoms with van der Waals surface area (Å²) >= 11 is 6.75. The fraction of sp³-hybridized carbons (Fsp3) is 0.0435. The molecule has 0 saturated carbocycles. The number of non-ortho nitro benzene ring substituents is 1. The van der Waals surface area contributed by atoms with E-state index in [-0.39, 0.29) is 23.6 Å². The van der Waals surface area contributed by atoms with Gasteiger partial charge in [-0.2, -0.15) is 5.26 Å². The Morgan fingerprint density at radius 3 is 2.64 bits per heavy atom. The van der Waals surface area contributed by atoms with Gasteiger partial charge in [-0.25, -0.2) is 4.39 Å². The van der Waals surface area contributed by atoms with Crippen LogP contribution in [0.5, 0.6) is 5.75 Å². The molecule has 7 nitrogen and oxygen atoms in total. The van der Waals surface area contributed by atoms with Gasteiger partial charge >= 0.3 is 0 Å². The summed E-state index contributed by atoms with van der Waals surface area (Å²) in [6, 6.07) is 16.7. The molecule has 166 valence electrons. The number of benzene rings is 3. The van der Waals surface area contributed by atoms with E-state index >= 15 is 0 Å². The zero-order valence-corrected chi connectivity index (χ0v) is 19.9. The van der Waals surface area contributed by atoms with Crippen molar-refractivity contribution in [1.82, 2.24) is 0 Å². The number of halogens is 3. The van der Waals surface area contributed by atoms with Gasteiger partial charge in [0.25, 0.3) is 11.6 Å². The van der Waals surface area contributed by atoms with E-state index in [1.807, 2.05) is 6.07 Å². The molecule has 0 aliphatic heterocycles. The molecule has 1 N–H and O–H groups in total. The van der Waals surface area contributed by atoms with Gasteiger partial charge in [-0.1, -0.05) is 40.2 Å². The second-order valence-corrected chi connectivity index (χ2v) is 8.39. The Hall–Kier alpha value is -3.55. The third-order valence-electron chi connectivity index (χ3n) is 4.35. The van der Waals surface area contributed by atoms with E-state index in [1.165, 1.54) is 36.4 Å². The molecule has 3 aromatic rings. The van der Waals surface area contributed by atoms with Crippen molar-refractivity contribution in [3.05, 3.63) is 102 Å². The Bertz CT molecular complexity index is 1310. The zero-order chi connectivity index (χ0) is 24.0. The molecule has 0 atom stereocenters. The fourth-order valence-corrected chi connectivity index (χ4v) is 4.18. The van der Waals surface area contributed by atoms with Crippen LogP contribution >= 0.6 is 31.9 Å². The van der Waals surface area contributed by atoms with Crippen LogP contribution in [0.3, 0.4) is 0 Å². The number of hydrogen-bond acceptors (Lipinski definition) is 5. The number of nitro groups is 1. The van der Waals surface area contributed by atoms with Crippen LogP contribution in [-0.2, 0) is 11.4 Å². The average molecular weight is 575 g/mol. The summed E-state index contributed by atoms with van der Waals surface area (Å²) in [5, 5.41) is 23.0. The Kier molecular flexibility index (Phi) is 7.92. The summed E-state index contributed by atoms with van der Waals surface area (Å²) in [6.45, 7) is -0.0739. The lowest BCUT2D eigenvalue weighted by Crippen LogP contribution is -2.13. The van der Waals surface area contributed by atoms with Gasteiger partial charge in [-0.05, 0) is 46.3 Å². The van der Waals surface area contributed by atoms with Gasteiger partial charge in [0.1, 0.15) is 29.8 Å². The molecule has 0 heterocycles. The standard InChI is InChI=1S/C23H14Br2FN3O4/c24-17-9-15(22(20(25)10-17)33-13-14-4-1-2-7-21(14)26)8-16(12-27)23(30)28-18-5-3-6-19(11-18)29(31)32/h1-11H,13H2,(H,28,30)/b16-8+. The average Bonchev–Trinajstić information content (AvgIpc) is 2.77. The summed E-state index contributed by atoms with van der Waals surface area (Å²) in [4.78, 5) is 23.0. The molecule has 0 aliphatic carbocycles. The van der Waals surface area contributed by atoms with Gasteiger partial charge in [0.05, 0.1) is 9.40 Å². The molecular weight excluding hydrogens is 561 g/mol. The highest BCUT2D eigenvalue weighted by atomic mass is 79.9. The molecular formula is C23H14Br2FN3O4. The SMILES string of the molecule is N#C/C(=C\c1cc(Br)cc(Br)c1OCc1ccccc1F)C(=O)Nc1cccc([N+](=O)[O-])c1. The molecule has 33 heavy (non-hydrogen) atoms. The first-order valence-corrected chi connectivity index (χ1v) is 10.9. The number of carbonyl (C=O) groups is 1. The maximum atomic E-state index is 14.0. The highest BCUT2D eigenvalue weighted by Gasteiger charge is 2.16. The second kappa shape index (κ2) is 10.8. The van der Waals surface area contributed by atoms with E-state index in [9.17, 15) is 24.6 Å². The van der Waals surface area contributed by atoms with E-state index in [4.69, 9.17) is 4.74 Å². The Balaban J connectivity index is 1.90. The molecule has 0 saturated heterocycles. The molecule has 0 spiro atoms. The molecule has 0 aromatic heterocycles. The van der Waals surface area contributed by atoms with Crippen LogP contribution in [0, 0.1) is 27.3 Å². The minimum absolute atomic E-state index is 0.0739. The van der Waals surface area contributed by atoms with Crippen LogP contribution in [0.15, 0.2) is 75.2 Å². The molecule has 0 aliphatic rings. The lowest BCUT2D eigenvalue weighted by molar-refractivity contribution is -0.384. The van der Waals surface area contributed by atoms with Crippen LogP contribution in [0.25, 0.3) is 6.08 Å². The third kappa shape index (κ3) is 6.25. The van der Waals surface area contributed by atoms with Gasteiger partial charge < -0.3 is 10.1 Å². The van der Waals surface area contributed by atoms with Crippen molar-refractivity contribution in [2.75, 3.05) is 5.32 Å². The number of nitro benzene ring substituents is 1. The number of ether oxygens (including phenoxy) is 1. The lowest BCUT2D eigenvalue weighted by Gasteiger charge is -2.13. The van der Waals surface area contributed by atoms with E-state index in [0.717, 1.165) is 0 Å². The van der Waals surface area contributed by atoms with E-state index < -0.39 is 16.6 Å². The normalized spacial score (nSPS) is 10.9. The predicted molar refractivity (Wildman–Crippen MR) is 128 cm³/mol. The van der Waals surface area contributed by atoms with Gasteiger partial charge in [-0.3, -0.25) is 14.9 Å². The predicted octanol–water partition coefficient (Wildman–Crippen LogP) is 6.38. The summed E-state index contributed by atoms with van der Waals surface area (Å²) in [5.74, 6) is -0.872. The molecule has 0 fully saturated rings. The smallest absolute Gasteiger partial charge is 0.271 e. The summed E-state index contributed by atoms with van der Waals surface area (Å²) in [7, 11) is 0. The molecule has 0 unspecified atom stereocenters. The van der Waals surface area contributed by atoms with E-state index in [1.54, 1.807) is 30.3 Å². The van der Waals surface area contributed by atoms with Crippen molar-refractivity contribution in [2.45, 2.75) is 6.61 Å². The van der Waals surface area contributed by atoms with Crippen molar-refractivity contribution < 1.29 is 18.8 Å². The van der Waals surface area contributed by atoms with Crippen LogP contribution in [-0.4, -0.2) is 10.8 Å². The molecule has 10 heteroatoms. The van der Waals surface area contributed by atoms with Crippen molar-refractivity contribution in [2.24, 2.45) is 0 Å². The van der Waals surface area contributed by atoms with Crippen molar-refractivity contribution in [1.29, 1.82) is 5.26 Å². The molecule has 1 amide bonds. The topological polar surface area (TPSA) is 105 Å². The number of rotatable bonds is 7. The maximum Gasteiger partial charge on any atom is 0.271 e. The second-order valence-electron chi connectivity index (χ2n) is 6.62.